The van der Waals surface area contributed by atoms with E-state index in [9.17, 15) is 0 Å². The standard InChI is InChI=1S/C64H42N2O/c1-2-16-45(17-3-1)54-39-36-48(53-28-14-19-44-18-4-5-24-52(44)53)42-61(54)65(50-22-13-21-47(41-50)55-29-15-33-63-64(55)58-27-8-11-32-62(58)67-63)49-37-34-43(35-38-49)46-20-12-23-51(40-46)66-59-30-9-6-25-56(59)57-26-7-10-31-60(57)66/h1-42H. The van der Waals surface area contributed by atoms with E-state index in [-0.39, 0.29) is 0 Å². The highest BCUT2D eigenvalue weighted by molar-refractivity contribution is 6.13. The fourth-order valence-corrected chi connectivity index (χ4v) is 10.3. The molecule has 0 aliphatic rings. The lowest BCUT2D eigenvalue weighted by molar-refractivity contribution is 0.669. The van der Waals surface area contributed by atoms with Crippen LogP contribution in [0.3, 0.4) is 0 Å². The summed E-state index contributed by atoms with van der Waals surface area (Å²) < 4.78 is 8.77. The van der Waals surface area contributed by atoms with Gasteiger partial charge in [-0.3, -0.25) is 0 Å². The molecule has 3 heteroatoms. The van der Waals surface area contributed by atoms with Crippen LogP contribution < -0.4 is 4.90 Å². The van der Waals surface area contributed by atoms with Crippen LogP contribution in [-0.2, 0) is 0 Å². The Morgan fingerprint density at radius 3 is 1.72 bits per heavy atom. The first kappa shape index (κ1) is 38.5. The van der Waals surface area contributed by atoms with Crippen molar-refractivity contribution in [3.63, 3.8) is 0 Å². The Balaban J connectivity index is 0.997. The van der Waals surface area contributed by atoms with E-state index in [2.05, 4.69) is 258 Å². The van der Waals surface area contributed by atoms with Crippen molar-refractivity contribution in [1.29, 1.82) is 0 Å². The smallest absolute Gasteiger partial charge is 0.136 e. The van der Waals surface area contributed by atoms with Gasteiger partial charge in [0.05, 0.1) is 16.7 Å². The molecule has 0 aliphatic heterocycles. The van der Waals surface area contributed by atoms with Gasteiger partial charge in [0.15, 0.2) is 0 Å². The number of fused-ring (bicyclic) bond motifs is 7. The molecule has 314 valence electrons. The van der Waals surface area contributed by atoms with Gasteiger partial charge in [-0.1, -0.05) is 188 Å². The van der Waals surface area contributed by atoms with Crippen LogP contribution in [0.1, 0.15) is 0 Å². The van der Waals surface area contributed by atoms with Crippen LogP contribution in [-0.4, -0.2) is 4.57 Å². The Hall–Kier alpha value is -8.92. The second-order valence-electron chi connectivity index (χ2n) is 17.3. The summed E-state index contributed by atoms with van der Waals surface area (Å²) in [5.74, 6) is 0. The highest BCUT2D eigenvalue weighted by atomic mass is 16.3. The summed E-state index contributed by atoms with van der Waals surface area (Å²) >= 11 is 0. The second kappa shape index (κ2) is 16.0. The van der Waals surface area contributed by atoms with Gasteiger partial charge in [0, 0.05) is 44.2 Å². The van der Waals surface area contributed by atoms with E-state index in [1.807, 2.05) is 6.07 Å². The molecule has 0 unspecified atom stereocenters. The van der Waals surface area contributed by atoms with E-state index >= 15 is 0 Å². The number of hydrogen-bond donors (Lipinski definition) is 0. The number of anilines is 3. The Morgan fingerprint density at radius 2 is 0.896 bits per heavy atom. The van der Waals surface area contributed by atoms with E-state index in [0.29, 0.717) is 0 Å². The van der Waals surface area contributed by atoms with Crippen molar-refractivity contribution in [2.75, 3.05) is 4.90 Å². The Labute approximate surface area is 388 Å². The van der Waals surface area contributed by atoms with E-state index in [1.165, 1.54) is 38.1 Å². The molecule has 11 aromatic carbocycles. The maximum absolute atomic E-state index is 6.38. The van der Waals surface area contributed by atoms with E-state index < -0.39 is 0 Å². The van der Waals surface area contributed by atoms with Crippen molar-refractivity contribution in [3.05, 3.63) is 255 Å². The molecular formula is C64H42N2O. The number of nitrogens with zero attached hydrogens (tertiary/aromatic N) is 2. The molecule has 13 rings (SSSR count). The molecule has 0 saturated heterocycles. The van der Waals surface area contributed by atoms with Crippen molar-refractivity contribution in [2.24, 2.45) is 0 Å². The molecule has 0 bridgehead atoms. The van der Waals surface area contributed by atoms with Crippen LogP contribution in [0.5, 0.6) is 0 Å². The Bertz CT molecular complexity index is 3930. The summed E-state index contributed by atoms with van der Waals surface area (Å²) in [7, 11) is 0. The molecule has 2 heterocycles. The predicted octanol–water partition coefficient (Wildman–Crippen LogP) is 18.0. The summed E-state index contributed by atoms with van der Waals surface area (Å²) in [5, 5.41) is 7.19. The number of rotatable bonds is 8. The molecule has 3 nitrogen and oxygen atoms in total. The molecule has 0 amide bonds. The summed E-state index contributed by atoms with van der Waals surface area (Å²) in [6.45, 7) is 0. The van der Waals surface area contributed by atoms with Gasteiger partial charge in [-0.2, -0.15) is 0 Å². The molecule has 13 aromatic rings. The maximum Gasteiger partial charge on any atom is 0.136 e. The minimum absolute atomic E-state index is 0.882. The quantitative estimate of drug-likeness (QED) is 0.152. The van der Waals surface area contributed by atoms with Crippen LogP contribution in [0, 0.1) is 0 Å². The lowest BCUT2D eigenvalue weighted by atomic mass is 9.93. The van der Waals surface area contributed by atoms with Gasteiger partial charge in [0.2, 0.25) is 0 Å². The molecule has 0 aliphatic carbocycles. The fourth-order valence-electron chi connectivity index (χ4n) is 10.3. The molecule has 0 radical (unpaired) electrons. The molecule has 0 atom stereocenters. The zero-order valence-electron chi connectivity index (χ0n) is 36.6. The molecule has 0 fully saturated rings. The van der Waals surface area contributed by atoms with Gasteiger partial charge in [0.1, 0.15) is 11.2 Å². The lowest BCUT2D eigenvalue weighted by Gasteiger charge is -2.29. The van der Waals surface area contributed by atoms with Crippen LogP contribution in [0.15, 0.2) is 259 Å². The van der Waals surface area contributed by atoms with E-state index in [1.54, 1.807) is 0 Å². The summed E-state index contributed by atoms with van der Waals surface area (Å²) in [6.07, 6.45) is 0. The molecule has 0 N–H and O–H groups in total. The summed E-state index contributed by atoms with van der Waals surface area (Å²) in [6, 6.07) is 92.1. The van der Waals surface area contributed by atoms with Crippen LogP contribution in [0.25, 0.3) is 105 Å². The van der Waals surface area contributed by atoms with Gasteiger partial charge < -0.3 is 13.9 Å². The minimum atomic E-state index is 0.882. The third kappa shape index (κ3) is 6.59. The number of aromatic nitrogens is 1. The molecular weight excluding hydrogens is 813 g/mol. The second-order valence-corrected chi connectivity index (χ2v) is 17.3. The SMILES string of the molecule is c1ccc(-c2ccc(-c3cccc4ccccc34)cc2N(c2ccc(-c3cccc(-n4c5ccccc5c5ccccc54)c3)cc2)c2cccc(-c3cccc4oc5ccccc5c34)c2)cc1. The number of furan rings is 1. The fraction of sp³-hybridized carbons (Fsp3) is 0. The van der Waals surface area contributed by atoms with Crippen LogP contribution in [0.4, 0.5) is 17.1 Å². The topological polar surface area (TPSA) is 21.3 Å². The molecule has 2 aromatic heterocycles. The van der Waals surface area contributed by atoms with Crippen LogP contribution >= 0.6 is 0 Å². The average Bonchev–Trinajstić information content (AvgIpc) is 3.95. The van der Waals surface area contributed by atoms with Crippen molar-refractivity contribution >= 4 is 71.6 Å². The Kier molecular flexibility index (Phi) is 9.17. The first-order chi connectivity index (χ1) is 33.2. The van der Waals surface area contributed by atoms with Crippen molar-refractivity contribution < 1.29 is 4.42 Å². The minimum Gasteiger partial charge on any atom is -0.456 e. The highest BCUT2D eigenvalue weighted by Gasteiger charge is 2.21. The first-order valence-electron chi connectivity index (χ1n) is 22.9. The van der Waals surface area contributed by atoms with Gasteiger partial charge in [0.25, 0.3) is 0 Å². The molecule has 0 spiro atoms. The van der Waals surface area contributed by atoms with Crippen molar-refractivity contribution in [2.45, 2.75) is 0 Å². The maximum atomic E-state index is 6.38. The normalized spacial score (nSPS) is 11.6. The number of benzene rings is 11. The van der Waals surface area contributed by atoms with Gasteiger partial charge in [-0.05, 0) is 116 Å². The third-order valence-corrected chi connectivity index (χ3v) is 13.4. The van der Waals surface area contributed by atoms with E-state index in [4.69, 9.17) is 4.42 Å². The zero-order chi connectivity index (χ0) is 44.3. The van der Waals surface area contributed by atoms with Crippen molar-refractivity contribution in [3.8, 4) is 50.2 Å². The van der Waals surface area contributed by atoms with Crippen LogP contribution in [0.2, 0.25) is 0 Å². The van der Waals surface area contributed by atoms with Crippen molar-refractivity contribution in [1.82, 2.24) is 4.57 Å². The van der Waals surface area contributed by atoms with Gasteiger partial charge in [-0.25, -0.2) is 0 Å². The molecule has 0 saturated carbocycles. The predicted molar refractivity (Wildman–Crippen MR) is 282 cm³/mol. The monoisotopic (exact) mass is 854 g/mol. The largest absolute Gasteiger partial charge is 0.456 e. The van der Waals surface area contributed by atoms with Gasteiger partial charge >= 0.3 is 0 Å². The van der Waals surface area contributed by atoms with E-state index in [0.717, 1.165) is 83.6 Å². The third-order valence-electron chi connectivity index (χ3n) is 13.4. The highest BCUT2D eigenvalue weighted by Crippen LogP contribution is 2.46. The zero-order valence-corrected chi connectivity index (χ0v) is 36.6. The van der Waals surface area contributed by atoms with Gasteiger partial charge in [-0.15, -0.1) is 0 Å². The molecule has 67 heavy (non-hydrogen) atoms. The Morgan fingerprint density at radius 1 is 0.313 bits per heavy atom. The first-order valence-corrected chi connectivity index (χ1v) is 22.9. The summed E-state index contributed by atoms with van der Waals surface area (Å²) in [5.41, 5.74) is 17.7. The number of para-hydroxylation sites is 3. The number of hydrogen-bond acceptors (Lipinski definition) is 2. The average molecular weight is 855 g/mol. The lowest BCUT2D eigenvalue weighted by Crippen LogP contribution is -2.11. The summed E-state index contributed by atoms with van der Waals surface area (Å²) in [4.78, 5) is 2.44.